The fraction of sp³-hybridized carbons (Fsp3) is 0.222. The minimum atomic E-state index is -4.63. The molecule has 1 rings (SSSR count). The lowest BCUT2D eigenvalue weighted by Gasteiger charge is -2.12. The van der Waals surface area contributed by atoms with Crippen molar-refractivity contribution in [2.75, 3.05) is 0 Å². The summed E-state index contributed by atoms with van der Waals surface area (Å²) in [6.07, 6.45) is -4.63. The van der Waals surface area contributed by atoms with E-state index in [0.717, 1.165) is 12.1 Å². The largest absolute Gasteiger partial charge is 0.480 e. The standard InChI is InChI=1S/C9H7ClF3NO2/c10-6-2-1-4(7(14)8(15)16)3-5(6)9(11,12)13/h1-3,7H,14H2,(H,15,16). The Morgan fingerprint density at radius 1 is 1.44 bits per heavy atom. The van der Waals surface area contributed by atoms with Crippen molar-refractivity contribution >= 4 is 17.6 Å². The van der Waals surface area contributed by atoms with Gasteiger partial charge in [-0.2, -0.15) is 13.2 Å². The molecule has 16 heavy (non-hydrogen) atoms. The highest BCUT2D eigenvalue weighted by Crippen LogP contribution is 2.35. The quantitative estimate of drug-likeness (QED) is 0.851. The summed E-state index contributed by atoms with van der Waals surface area (Å²) in [7, 11) is 0. The molecule has 0 aromatic heterocycles. The molecule has 0 heterocycles. The van der Waals surface area contributed by atoms with Crippen LogP contribution in [0.2, 0.25) is 5.02 Å². The van der Waals surface area contributed by atoms with Gasteiger partial charge < -0.3 is 10.8 Å². The Hall–Kier alpha value is -1.27. The first-order valence-corrected chi connectivity index (χ1v) is 4.46. The van der Waals surface area contributed by atoms with E-state index in [-0.39, 0.29) is 5.56 Å². The van der Waals surface area contributed by atoms with Gasteiger partial charge in [0.15, 0.2) is 0 Å². The number of benzene rings is 1. The van der Waals surface area contributed by atoms with Crippen molar-refractivity contribution in [2.24, 2.45) is 5.73 Å². The lowest BCUT2D eigenvalue weighted by atomic mass is 10.0. The number of rotatable bonds is 2. The first-order valence-electron chi connectivity index (χ1n) is 4.08. The maximum atomic E-state index is 12.4. The number of aliphatic carboxylic acids is 1. The summed E-state index contributed by atoms with van der Waals surface area (Å²) in [5, 5.41) is 8.07. The number of halogens is 4. The third-order valence-corrected chi connectivity index (χ3v) is 2.25. The van der Waals surface area contributed by atoms with Gasteiger partial charge in [-0.05, 0) is 17.7 Å². The van der Waals surface area contributed by atoms with Gasteiger partial charge in [0.25, 0.3) is 0 Å². The highest BCUT2D eigenvalue weighted by atomic mass is 35.5. The van der Waals surface area contributed by atoms with Gasteiger partial charge in [-0.25, -0.2) is 0 Å². The summed E-state index contributed by atoms with van der Waals surface area (Å²) in [5.41, 5.74) is 3.95. The van der Waals surface area contributed by atoms with E-state index in [1.54, 1.807) is 0 Å². The van der Waals surface area contributed by atoms with Crippen molar-refractivity contribution in [2.45, 2.75) is 12.2 Å². The van der Waals surface area contributed by atoms with E-state index in [1.165, 1.54) is 0 Å². The van der Waals surface area contributed by atoms with Crippen LogP contribution in [0.5, 0.6) is 0 Å². The molecule has 0 bridgehead atoms. The molecular weight excluding hydrogens is 247 g/mol. The Bertz CT molecular complexity index is 420. The lowest BCUT2D eigenvalue weighted by molar-refractivity contribution is -0.140. The van der Waals surface area contributed by atoms with Gasteiger partial charge in [0, 0.05) is 0 Å². The van der Waals surface area contributed by atoms with Crippen LogP contribution in [-0.4, -0.2) is 11.1 Å². The van der Waals surface area contributed by atoms with Crippen LogP contribution in [0.4, 0.5) is 13.2 Å². The molecule has 0 amide bonds. The number of carbonyl (C=O) groups is 1. The van der Waals surface area contributed by atoms with E-state index < -0.39 is 28.8 Å². The highest BCUT2D eigenvalue weighted by Gasteiger charge is 2.34. The van der Waals surface area contributed by atoms with Crippen molar-refractivity contribution < 1.29 is 23.1 Å². The summed E-state index contributed by atoms with van der Waals surface area (Å²) in [4.78, 5) is 10.5. The second-order valence-corrected chi connectivity index (χ2v) is 3.46. The van der Waals surface area contributed by atoms with Crippen molar-refractivity contribution in [3.05, 3.63) is 34.3 Å². The maximum Gasteiger partial charge on any atom is 0.417 e. The number of carboxylic acid groups (broad SMARTS) is 1. The number of nitrogens with two attached hydrogens (primary N) is 1. The normalized spacial score (nSPS) is 13.6. The van der Waals surface area contributed by atoms with Crippen molar-refractivity contribution in [1.82, 2.24) is 0 Å². The SMILES string of the molecule is NC(C(=O)O)c1ccc(Cl)c(C(F)(F)F)c1. The van der Waals surface area contributed by atoms with Gasteiger partial charge >= 0.3 is 12.1 Å². The monoisotopic (exact) mass is 253 g/mol. The summed E-state index contributed by atoms with van der Waals surface area (Å²) < 4.78 is 37.3. The molecule has 3 N–H and O–H groups in total. The van der Waals surface area contributed by atoms with Crippen LogP contribution in [0, 0.1) is 0 Å². The van der Waals surface area contributed by atoms with E-state index in [2.05, 4.69) is 0 Å². The molecule has 1 aromatic carbocycles. The van der Waals surface area contributed by atoms with Gasteiger partial charge in [-0.3, -0.25) is 4.79 Å². The minimum absolute atomic E-state index is 0.149. The molecule has 0 aliphatic heterocycles. The Morgan fingerprint density at radius 2 is 2.00 bits per heavy atom. The van der Waals surface area contributed by atoms with E-state index >= 15 is 0 Å². The lowest BCUT2D eigenvalue weighted by Crippen LogP contribution is -2.21. The molecule has 0 fully saturated rings. The van der Waals surface area contributed by atoms with Crippen LogP contribution < -0.4 is 5.73 Å². The predicted octanol–water partition coefficient (Wildman–Crippen LogP) is 2.44. The molecule has 0 saturated carbocycles. The number of alkyl halides is 3. The van der Waals surface area contributed by atoms with Crippen LogP contribution in [0.15, 0.2) is 18.2 Å². The zero-order valence-corrected chi connectivity index (χ0v) is 8.51. The molecule has 0 spiro atoms. The first kappa shape index (κ1) is 12.8. The van der Waals surface area contributed by atoms with Gasteiger partial charge in [0.2, 0.25) is 0 Å². The Morgan fingerprint density at radius 3 is 2.44 bits per heavy atom. The second kappa shape index (κ2) is 4.31. The summed E-state index contributed by atoms with van der Waals surface area (Å²) >= 11 is 5.36. The first-order chi connectivity index (χ1) is 7.23. The zero-order valence-electron chi connectivity index (χ0n) is 7.75. The average molecular weight is 254 g/mol. The van der Waals surface area contributed by atoms with Crippen LogP contribution in [0.3, 0.4) is 0 Å². The second-order valence-electron chi connectivity index (χ2n) is 3.05. The molecule has 0 radical (unpaired) electrons. The van der Waals surface area contributed by atoms with Crippen molar-refractivity contribution in [3.8, 4) is 0 Å². The molecule has 0 aliphatic rings. The molecule has 3 nitrogen and oxygen atoms in total. The Kier molecular flexibility index (Phi) is 3.44. The third kappa shape index (κ3) is 2.65. The van der Waals surface area contributed by atoms with E-state index in [9.17, 15) is 18.0 Å². The van der Waals surface area contributed by atoms with Gasteiger partial charge in [0.1, 0.15) is 6.04 Å². The molecule has 0 aliphatic carbocycles. The highest BCUT2D eigenvalue weighted by molar-refractivity contribution is 6.31. The van der Waals surface area contributed by atoms with Crippen molar-refractivity contribution in [1.29, 1.82) is 0 Å². The average Bonchev–Trinajstić information content (AvgIpc) is 2.15. The number of hydrogen-bond acceptors (Lipinski definition) is 2. The van der Waals surface area contributed by atoms with Crippen LogP contribution in [-0.2, 0) is 11.0 Å². The van der Waals surface area contributed by atoms with E-state index in [0.29, 0.717) is 6.07 Å². The van der Waals surface area contributed by atoms with E-state index in [4.69, 9.17) is 22.4 Å². The van der Waals surface area contributed by atoms with E-state index in [1.807, 2.05) is 0 Å². The Balaban J connectivity index is 3.23. The molecule has 1 aromatic rings. The molecule has 1 unspecified atom stereocenters. The minimum Gasteiger partial charge on any atom is -0.480 e. The topological polar surface area (TPSA) is 63.3 Å². The Labute approximate surface area is 93.6 Å². The molecular formula is C9H7ClF3NO2. The fourth-order valence-corrected chi connectivity index (χ4v) is 1.32. The number of hydrogen-bond donors (Lipinski definition) is 2. The van der Waals surface area contributed by atoms with Gasteiger partial charge in [0.05, 0.1) is 10.6 Å². The van der Waals surface area contributed by atoms with Crippen LogP contribution in [0.1, 0.15) is 17.2 Å². The van der Waals surface area contributed by atoms with Gasteiger partial charge in [-0.1, -0.05) is 17.7 Å². The summed E-state index contributed by atoms with van der Waals surface area (Å²) in [6.45, 7) is 0. The van der Waals surface area contributed by atoms with Crippen molar-refractivity contribution in [3.63, 3.8) is 0 Å². The zero-order chi connectivity index (χ0) is 12.5. The fourth-order valence-electron chi connectivity index (χ4n) is 1.10. The summed E-state index contributed by atoms with van der Waals surface area (Å²) in [6, 6.07) is 1.26. The van der Waals surface area contributed by atoms with Crippen LogP contribution in [0.25, 0.3) is 0 Å². The molecule has 88 valence electrons. The maximum absolute atomic E-state index is 12.4. The summed E-state index contributed by atoms with van der Waals surface area (Å²) in [5.74, 6) is -1.41. The van der Waals surface area contributed by atoms with Crippen LogP contribution >= 0.6 is 11.6 Å². The number of carboxylic acids is 1. The smallest absolute Gasteiger partial charge is 0.417 e. The molecule has 0 saturated heterocycles. The molecule has 7 heteroatoms. The molecule has 1 atom stereocenters. The third-order valence-electron chi connectivity index (χ3n) is 1.92. The van der Waals surface area contributed by atoms with Gasteiger partial charge in [-0.15, -0.1) is 0 Å². The predicted molar refractivity (Wildman–Crippen MR) is 51.0 cm³/mol.